The average Bonchev–Trinajstić information content (AvgIpc) is 2.31. The number of anilines is 1. The lowest BCUT2D eigenvalue weighted by atomic mass is 10.2. The molecule has 0 unspecified atom stereocenters. The number of ether oxygens (including phenoxy) is 1. The molecular formula is C13H11ClFNO. The van der Waals surface area contributed by atoms with E-state index in [2.05, 4.69) is 0 Å². The van der Waals surface area contributed by atoms with Gasteiger partial charge in [0.1, 0.15) is 6.61 Å². The zero-order valence-corrected chi connectivity index (χ0v) is 9.75. The van der Waals surface area contributed by atoms with E-state index >= 15 is 0 Å². The van der Waals surface area contributed by atoms with E-state index in [0.29, 0.717) is 5.69 Å². The summed E-state index contributed by atoms with van der Waals surface area (Å²) in [7, 11) is 0. The molecule has 2 nitrogen and oxygen atoms in total. The third-order valence-electron chi connectivity index (χ3n) is 2.28. The van der Waals surface area contributed by atoms with Crippen molar-refractivity contribution in [3.8, 4) is 5.75 Å². The SMILES string of the molecule is Nc1ccc(COc2c(F)cccc2Cl)cc1. The summed E-state index contributed by atoms with van der Waals surface area (Å²) in [5.41, 5.74) is 7.14. The van der Waals surface area contributed by atoms with Crippen LogP contribution in [-0.2, 0) is 6.61 Å². The van der Waals surface area contributed by atoms with E-state index in [9.17, 15) is 4.39 Å². The van der Waals surface area contributed by atoms with Gasteiger partial charge in [-0.15, -0.1) is 0 Å². The molecule has 0 saturated heterocycles. The molecule has 0 radical (unpaired) electrons. The minimum Gasteiger partial charge on any atom is -0.484 e. The van der Waals surface area contributed by atoms with Crippen LogP contribution in [0.4, 0.5) is 10.1 Å². The first-order valence-corrected chi connectivity index (χ1v) is 5.46. The van der Waals surface area contributed by atoms with Crippen molar-refractivity contribution in [2.24, 2.45) is 0 Å². The molecule has 4 heteroatoms. The van der Waals surface area contributed by atoms with E-state index in [1.165, 1.54) is 12.1 Å². The maximum absolute atomic E-state index is 13.4. The normalized spacial score (nSPS) is 10.2. The Balaban J connectivity index is 2.10. The number of para-hydroxylation sites is 1. The molecule has 2 aromatic carbocycles. The van der Waals surface area contributed by atoms with Gasteiger partial charge in [-0.25, -0.2) is 4.39 Å². The van der Waals surface area contributed by atoms with Gasteiger partial charge in [0.15, 0.2) is 11.6 Å². The highest BCUT2D eigenvalue weighted by Gasteiger charge is 2.07. The maximum Gasteiger partial charge on any atom is 0.174 e. The highest BCUT2D eigenvalue weighted by Crippen LogP contribution is 2.27. The largest absolute Gasteiger partial charge is 0.484 e. The Morgan fingerprint density at radius 3 is 2.47 bits per heavy atom. The van der Waals surface area contributed by atoms with Crippen LogP contribution in [0.5, 0.6) is 5.75 Å². The average molecular weight is 252 g/mol. The predicted octanol–water partition coefficient (Wildman–Crippen LogP) is 3.64. The van der Waals surface area contributed by atoms with Gasteiger partial charge in [0, 0.05) is 5.69 Å². The van der Waals surface area contributed by atoms with E-state index in [1.807, 2.05) is 12.1 Å². The van der Waals surface area contributed by atoms with Gasteiger partial charge >= 0.3 is 0 Å². The van der Waals surface area contributed by atoms with Gasteiger partial charge in [-0.1, -0.05) is 29.8 Å². The number of hydrogen-bond acceptors (Lipinski definition) is 2. The number of halogens is 2. The number of hydrogen-bond donors (Lipinski definition) is 1. The molecule has 0 aromatic heterocycles. The molecule has 0 aliphatic heterocycles. The molecule has 0 spiro atoms. The summed E-state index contributed by atoms with van der Waals surface area (Å²) in [4.78, 5) is 0. The topological polar surface area (TPSA) is 35.2 Å². The first kappa shape index (κ1) is 11.7. The Bertz CT molecular complexity index is 493. The molecule has 0 heterocycles. The summed E-state index contributed by atoms with van der Waals surface area (Å²) in [6, 6.07) is 11.6. The minimum absolute atomic E-state index is 0.0750. The Labute approximate surface area is 104 Å². The van der Waals surface area contributed by atoms with E-state index in [1.54, 1.807) is 18.2 Å². The number of nitrogen functional groups attached to an aromatic ring is 1. The molecule has 0 bridgehead atoms. The molecule has 2 rings (SSSR count). The van der Waals surface area contributed by atoms with Crippen molar-refractivity contribution in [1.29, 1.82) is 0 Å². The second-order valence-corrected chi connectivity index (χ2v) is 3.99. The molecule has 0 aliphatic rings. The van der Waals surface area contributed by atoms with E-state index < -0.39 is 5.82 Å². The monoisotopic (exact) mass is 251 g/mol. The van der Waals surface area contributed by atoms with Gasteiger partial charge in [0.25, 0.3) is 0 Å². The fourth-order valence-corrected chi connectivity index (χ4v) is 1.61. The molecule has 2 aromatic rings. The minimum atomic E-state index is -0.465. The molecule has 2 N–H and O–H groups in total. The van der Waals surface area contributed by atoms with Crippen LogP contribution in [0.3, 0.4) is 0 Å². The number of nitrogens with two attached hydrogens (primary N) is 1. The van der Waals surface area contributed by atoms with Crippen molar-refractivity contribution in [1.82, 2.24) is 0 Å². The molecule has 17 heavy (non-hydrogen) atoms. The highest BCUT2D eigenvalue weighted by atomic mass is 35.5. The van der Waals surface area contributed by atoms with Crippen molar-refractivity contribution in [3.05, 3.63) is 58.9 Å². The van der Waals surface area contributed by atoms with Gasteiger partial charge < -0.3 is 10.5 Å². The Morgan fingerprint density at radius 2 is 1.82 bits per heavy atom. The molecule has 88 valence electrons. The van der Waals surface area contributed by atoms with Crippen LogP contribution >= 0.6 is 11.6 Å². The van der Waals surface area contributed by atoms with Crippen LogP contribution in [0.2, 0.25) is 5.02 Å². The van der Waals surface area contributed by atoms with Crippen molar-refractivity contribution in [3.63, 3.8) is 0 Å². The van der Waals surface area contributed by atoms with Crippen molar-refractivity contribution in [2.75, 3.05) is 5.73 Å². The van der Waals surface area contributed by atoms with E-state index in [0.717, 1.165) is 5.56 Å². The smallest absolute Gasteiger partial charge is 0.174 e. The van der Waals surface area contributed by atoms with Gasteiger partial charge in [0.05, 0.1) is 5.02 Å². The lowest BCUT2D eigenvalue weighted by Crippen LogP contribution is -1.98. The lowest BCUT2D eigenvalue weighted by Gasteiger charge is -2.09. The van der Waals surface area contributed by atoms with Gasteiger partial charge in [-0.2, -0.15) is 0 Å². The zero-order chi connectivity index (χ0) is 12.3. The standard InChI is InChI=1S/C13H11ClFNO/c14-11-2-1-3-12(15)13(11)17-8-9-4-6-10(16)7-5-9/h1-7H,8,16H2. The Kier molecular flexibility index (Phi) is 3.49. The van der Waals surface area contributed by atoms with Crippen LogP contribution < -0.4 is 10.5 Å². The first-order chi connectivity index (χ1) is 8.16. The third kappa shape index (κ3) is 2.88. The third-order valence-corrected chi connectivity index (χ3v) is 2.58. The van der Waals surface area contributed by atoms with Crippen LogP contribution in [0.25, 0.3) is 0 Å². The summed E-state index contributed by atoms with van der Waals surface area (Å²) >= 11 is 5.84. The van der Waals surface area contributed by atoms with Crippen molar-refractivity contribution < 1.29 is 9.13 Å². The van der Waals surface area contributed by atoms with Crippen molar-refractivity contribution >= 4 is 17.3 Å². The summed E-state index contributed by atoms with van der Waals surface area (Å²) < 4.78 is 18.7. The van der Waals surface area contributed by atoms with Crippen LogP contribution in [0, 0.1) is 5.82 Å². The van der Waals surface area contributed by atoms with E-state index in [4.69, 9.17) is 22.1 Å². The van der Waals surface area contributed by atoms with Gasteiger partial charge in [-0.05, 0) is 29.8 Å². The van der Waals surface area contributed by atoms with E-state index in [-0.39, 0.29) is 17.4 Å². The predicted molar refractivity (Wildman–Crippen MR) is 66.6 cm³/mol. The van der Waals surface area contributed by atoms with Crippen LogP contribution in [0.1, 0.15) is 5.56 Å². The fraction of sp³-hybridized carbons (Fsp3) is 0.0769. The molecule has 0 amide bonds. The van der Waals surface area contributed by atoms with Crippen LogP contribution in [-0.4, -0.2) is 0 Å². The second-order valence-electron chi connectivity index (χ2n) is 3.58. The molecule has 0 fully saturated rings. The van der Waals surface area contributed by atoms with Crippen molar-refractivity contribution in [2.45, 2.75) is 6.61 Å². The van der Waals surface area contributed by atoms with Gasteiger partial charge in [-0.3, -0.25) is 0 Å². The summed E-state index contributed by atoms with van der Waals surface area (Å²) in [6.45, 7) is 0.251. The summed E-state index contributed by atoms with van der Waals surface area (Å²) in [5, 5.41) is 0.264. The van der Waals surface area contributed by atoms with Crippen LogP contribution in [0.15, 0.2) is 42.5 Å². The highest BCUT2D eigenvalue weighted by molar-refractivity contribution is 6.32. The van der Waals surface area contributed by atoms with Gasteiger partial charge in [0.2, 0.25) is 0 Å². The lowest BCUT2D eigenvalue weighted by molar-refractivity contribution is 0.290. The molecule has 0 saturated carbocycles. The summed E-state index contributed by atoms with van der Waals surface area (Å²) in [5.74, 6) is -0.390. The Hall–Kier alpha value is -1.74. The fourth-order valence-electron chi connectivity index (χ4n) is 1.39. The molecule has 0 atom stereocenters. The number of rotatable bonds is 3. The Morgan fingerprint density at radius 1 is 1.12 bits per heavy atom. The number of benzene rings is 2. The summed E-state index contributed by atoms with van der Waals surface area (Å²) in [6.07, 6.45) is 0. The quantitative estimate of drug-likeness (QED) is 0.846. The molecular weight excluding hydrogens is 241 g/mol. The first-order valence-electron chi connectivity index (χ1n) is 5.08. The second kappa shape index (κ2) is 5.06. The molecule has 0 aliphatic carbocycles. The maximum atomic E-state index is 13.4. The zero-order valence-electron chi connectivity index (χ0n) is 8.99.